The molecule has 0 radical (unpaired) electrons. The first kappa shape index (κ1) is 19.6. The number of nitrogens with zero attached hydrogens (tertiary/aromatic N) is 5. The Morgan fingerprint density at radius 2 is 1.94 bits per heavy atom. The van der Waals surface area contributed by atoms with Crippen molar-refractivity contribution in [1.29, 1.82) is 0 Å². The second-order valence-corrected chi connectivity index (χ2v) is 7.77. The van der Waals surface area contributed by atoms with E-state index in [4.69, 9.17) is 21.2 Å². The fourth-order valence-corrected chi connectivity index (χ4v) is 4.05. The van der Waals surface area contributed by atoms with Crippen LogP contribution in [0, 0.1) is 0 Å². The average Bonchev–Trinajstić information content (AvgIpc) is 3.18. The topological polar surface area (TPSA) is 117 Å². The number of anilines is 1. The Labute approximate surface area is 176 Å². The standard InChI is InChI=1S/C21H21F2N7O/c1-31-15-4-2-3-13-17(15)27-21(25)30-20(13)28-19(29-30)12-7-11(8-12)14-6-5-10(9-26-14)16(24)18(22)23/h2-6,9,11-12,16,18H,7-8,24H2,1H3,(H2,25,27)/t11?,12?,16-/m0/s1. The maximum atomic E-state index is 12.8. The highest BCUT2D eigenvalue weighted by atomic mass is 19.3. The normalized spacial score (nSPS) is 19.6. The zero-order valence-electron chi connectivity index (χ0n) is 16.7. The van der Waals surface area contributed by atoms with Crippen LogP contribution in [0.25, 0.3) is 16.6 Å². The minimum absolute atomic E-state index is 0.162. The third-order valence-electron chi connectivity index (χ3n) is 5.91. The van der Waals surface area contributed by atoms with Gasteiger partial charge < -0.3 is 16.2 Å². The summed E-state index contributed by atoms with van der Waals surface area (Å²) in [6, 6.07) is 7.70. The average molecular weight is 425 g/mol. The van der Waals surface area contributed by atoms with Crippen LogP contribution < -0.4 is 16.2 Å². The van der Waals surface area contributed by atoms with E-state index in [0.717, 1.165) is 23.9 Å². The van der Waals surface area contributed by atoms with Gasteiger partial charge in [-0.3, -0.25) is 4.98 Å². The molecule has 1 aromatic carbocycles. The minimum atomic E-state index is -2.61. The van der Waals surface area contributed by atoms with Gasteiger partial charge in [-0.1, -0.05) is 12.1 Å². The number of alkyl halides is 2. The third-order valence-corrected chi connectivity index (χ3v) is 5.91. The van der Waals surface area contributed by atoms with Crippen LogP contribution in [-0.2, 0) is 0 Å². The maximum Gasteiger partial charge on any atom is 0.257 e. The number of methoxy groups -OCH3 is 1. The third kappa shape index (κ3) is 3.23. The van der Waals surface area contributed by atoms with Crippen LogP contribution in [0.4, 0.5) is 14.7 Å². The molecule has 1 atom stereocenters. The van der Waals surface area contributed by atoms with Crippen molar-refractivity contribution < 1.29 is 13.5 Å². The number of para-hydroxylation sites is 1. The van der Waals surface area contributed by atoms with Crippen LogP contribution in [0.3, 0.4) is 0 Å². The van der Waals surface area contributed by atoms with E-state index < -0.39 is 12.5 Å². The number of aromatic nitrogens is 5. The molecule has 1 aliphatic carbocycles. The van der Waals surface area contributed by atoms with Gasteiger partial charge in [-0.2, -0.15) is 4.52 Å². The van der Waals surface area contributed by atoms with Gasteiger partial charge in [0, 0.05) is 29.1 Å². The molecule has 160 valence electrons. The second-order valence-electron chi connectivity index (χ2n) is 7.77. The van der Waals surface area contributed by atoms with E-state index in [1.165, 1.54) is 6.20 Å². The van der Waals surface area contributed by atoms with E-state index in [2.05, 4.69) is 15.1 Å². The number of ether oxygens (including phenoxy) is 1. The highest BCUT2D eigenvalue weighted by Crippen LogP contribution is 2.46. The smallest absolute Gasteiger partial charge is 0.257 e. The Hall–Kier alpha value is -3.40. The summed E-state index contributed by atoms with van der Waals surface area (Å²) in [5.74, 6) is 1.96. The summed E-state index contributed by atoms with van der Waals surface area (Å²) in [5, 5.41) is 5.40. The Balaban J connectivity index is 1.38. The summed E-state index contributed by atoms with van der Waals surface area (Å²) >= 11 is 0. The van der Waals surface area contributed by atoms with Gasteiger partial charge in [0.15, 0.2) is 11.5 Å². The highest BCUT2D eigenvalue weighted by molar-refractivity contribution is 5.95. The van der Waals surface area contributed by atoms with Crippen molar-refractivity contribution in [1.82, 2.24) is 24.6 Å². The molecule has 0 amide bonds. The first-order chi connectivity index (χ1) is 15.0. The van der Waals surface area contributed by atoms with Gasteiger partial charge in [-0.25, -0.2) is 18.7 Å². The Kier molecular flexibility index (Phi) is 4.66. The molecule has 4 N–H and O–H groups in total. The predicted octanol–water partition coefficient (Wildman–Crippen LogP) is 3.19. The molecule has 1 saturated carbocycles. The molecule has 0 spiro atoms. The molecule has 3 heterocycles. The van der Waals surface area contributed by atoms with Gasteiger partial charge in [0.25, 0.3) is 6.43 Å². The van der Waals surface area contributed by atoms with Crippen LogP contribution in [0.5, 0.6) is 5.75 Å². The minimum Gasteiger partial charge on any atom is -0.494 e. The molecule has 10 heteroatoms. The van der Waals surface area contributed by atoms with Gasteiger partial charge in [-0.15, -0.1) is 5.10 Å². The van der Waals surface area contributed by atoms with Crippen molar-refractivity contribution >= 4 is 22.5 Å². The number of halogens is 2. The monoisotopic (exact) mass is 425 g/mol. The predicted molar refractivity (Wildman–Crippen MR) is 111 cm³/mol. The van der Waals surface area contributed by atoms with Crippen molar-refractivity contribution in [3.63, 3.8) is 0 Å². The lowest BCUT2D eigenvalue weighted by Gasteiger charge is -2.33. The van der Waals surface area contributed by atoms with Gasteiger partial charge >= 0.3 is 0 Å². The molecule has 0 unspecified atom stereocenters. The number of hydrogen-bond donors (Lipinski definition) is 2. The van der Waals surface area contributed by atoms with Crippen LogP contribution in [0.15, 0.2) is 36.5 Å². The highest BCUT2D eigenvalue weighted by Gasteiger charge is 2.35. The van der Waals surface area contributed by atoms with Crippen LogP contribution in [-0.4, -0.2) is 38.1 Å². The lowest BCUT2D eigenvalue weighted by atomic mass is 9.72. The van der Waals surface area contributed by atoms with Gasteiger partial charge in [-0.05, 0) is 36.6 Å². The quantitative estimate of drug-likeness (QED) is 0.504. The van der Waals surface area contributed by atoms with Gasteiger partial charge in [0.05, 0.1) is 13.2 Å². The number of fused-ring (bicyclic) bond motifs is 3. The van der Waals surface area contributed by atoms with E-state index >= 15 is 0 Å². The Morgan fingerprint density at radius 3 is 2.61 bits per heavy atom. The van der Waals surface area contributed by atoms with Gasteiger partial charge in [0.1, 0.15) is 11.3 Å². The number of pyridine rings is 1. The molecule has 5 rings (SSSR count). The number of nitrogen functional groups attached to an aromatic ring is 1. The van der Waals surface area contributed by atoms with Crippen molar-refractivity contribution in [3.05, 3.63) is 53.6 Å². The number of nitrogens with two attached hydrogens (primary N) is 2. The number of benzene rings is 1. The van der Waals surface area contributed by atoms with Crippen molar-refractivity contribution in [2.24, 2.45) is 5.73 Å². The zero-order chi connectivity index (χ0) is 21.7. The van der Waals surface area contributed by atoms with Gasteiger partial charge in [0.2, 0.25) is 5.95 Å². The summed E-state index contributed by atoms with van der Waals surface area (Å²) in [6.07, 6.45) is 0.464. The molecule has 0 saturated heterocycles. The fraction of sp³-hybridized carbons (Fsp3) is 0.333. The lowest BCUT2D eigenvalue weighted by Crippen LogP contribution is -2.23. The first-order valence-corrected chi connectivity index (χ1v) is 9.94. The van der Waals surface area contributed by atoms with E-state index in [1.807, 2.05) is 18.2 Å². The number of hydrogen-bond acceptors (Lipinski definition) is 7. The fourth-order valence-electron chi connectivity index (χ4n) is 4.05. The number of rotatable bonds is 5. The van der Waals surface area contributed by atoms with Crippen molar-refractivity contribution in [3.8, 4) is 5.75 Å². The summed E-state index contributed by atoms with van der Waals surface area (Å²) in [4.78, 5) is 13.5. The molecular formula is C21H21F2N7O. The molecule has 0 aliphatic heterocycles. The summed E-state index contributed by atoms with van der Waals surface area (Å²) in [7, 11) is 1.59. The van der Waals surface area contributed by atoms with E-state index in [-0.39, 0.29) is 17.8 Å². The summed E-state index contributed by atoms with van der Waals surface area (Å²) in [5.41, 5.74) is 14.1. The molecule has 4 aromatic rings. The molecular weight excluding hydrogens is 404 g/mol. The molecule has 0 bridgehead atoms. The lowest BCUT2D eigenvalue weighted by molar-refractivity contribution is 0.116. The maximum absolute atomic E-state index is 12.8. The van der Waals surface area contributed by atoms with E-state index in [0.29, 0.717) is 28.3 Å². The molecule has 8 nitrogen and oxygen atoms in total. The molecule has 31 heavy (non-hydrogen) atoms. The SMILES string of the molecule is COc1cccc2c1nc(N)n1nc(C3CC(c4ccc([C@H](N)C(F)F)cn4)C3)nc21. The van der Waals surface area contributed by atoms with Crippen molar-refractivity contribution in [2.75, 3.05) is 12.8 Å². The second kappa shape index (κ2) is 7.38. The Bertz CT molecular complexity index is 1250. The Morgan fingerprint density at radius 1 is 1.13 bits per heavy atom. The molecule has 1 aliphatic rings. The van der Waals surface area contributed by atoms with Crippen LogP contribution in [0.2, 0.25) is 0 Å². The van der Waals surface area contributed by atoms with E-state index in [9.17, 15) is 8.78 Å². The molecule has 1 fully saturated rings. The van der Waals surface area contributed by atoms with Crippen LogP contribution in [0.1, 0.15) is 47.8 Å². The van der Waals surface area contributed by atoms with Crippen molar-refractivity contribution in [2.45, 2.75) is 37.1 Å². The zero-order valence-corrected chi connectivity index (χ0v) is 16.7. The summed E-state index contributed by atoms with van der Waals surface area (Å²) < 4.78 is 32.5. The first-order valence-electron chi connectivity index (χ1n) is 9.94. The van der Waals surface area contributed by atoms with Crippen LogP contribution >= 0.6 is 0 Å². The largest absolute Gasteiger partial charge is 0.494 e. The van der Waals surface area contributed by atoms with E-state index in [1.54, 1.807) is 23.8 Å². The summed E-state index contributed by atoms with van der Waals surface area (Å²) in [6.45, 7) is 0. The molecule has 3 aromatic heterocycles.